The SMILES string of the molecule is CCCNC(=O)C(CN)Cc1cccc(F)c1F. The van der Waals surface area contributed by atoms with Gasteiger partial charge < -0.3 is 11.1 Å². The molecule has 1 amide bonds. The third-order valence-electron chi connectivity index (χ3n) is 2.70. The Morgan fingerprint density at radius 1 is 1.44 bits per heavy atom. The molecule has 0 aliphatic carbocycles. The smallest absolute Gasteiger partial charge is 0.224 e. The minimum absolute atomic E-state index is 0.103. The number of nitrogens with one attached hydrogen (secondary N) is 1. The Bertz CT molecular complexity index is 410. The van der Waals surface area contributed by atoms with Crippen LogP contribution in [0.1, 0.15) is 18.9 Å². The Hall–Kier alpha value is -1.49. The van der Waals surface area contributed by atoms with Gasteiger partial charge in [-0.15, -0.1) is 0 Å². The van der Waals surface area contributed by atoms with Crippen molar-refractivity contribution >= 4 is 5.91 Å². The van der Waals surface area contributed by atoms with Crippen molar-refractivity contribution in [2.45, 2.75) is 19.8 Å². The zero-order valence-electron chi connectivity index (χ0n) is 10.4. The quantitative estimate of drug-likeness (QED) is 0.812. The van der Waals surface area contributed by atoms with E-state index in [9.17, 15) is 13.6 Å². The largest absolute Gasteiger partial charge is 0.356 e. The van der Waals surface area contributed by atoms with E-state index >= 15 is 0 Å². The molecule has 0 saturated carbocycles. The van der Waals surface area contributed by atoms with Crippen LogP contribution in [0.2, 0.25) is 0 Å². The summed E-state index contributed by atoms with van der Waals surface area (Å²) < 4.78 is 26.5. The molecule has 0 fully saturated rings. The molecule has 0 aromatic heterocycles. The van der Waals surface area contributed by atoms with Gasteiger partial charge in [0.1, 0.15) is 0 Å². The molecule has 0 radical (unpaired) electrons. The minimum atomic E-state index is -0.905. The third kappa shape index (κ3) is 3.77. The van der Waals surface area contributed by atoms with E-state index in [1.54, 1.807) is 0 Å². The van der Waals surface area contributed by atoms with Crippen molar-refractivity contribution in [1.29, 1.82) is 0 Å². The molecule has 100 valence electrons. The van der Waals surface area contributed by atoms with Gasteiger partial charge in [-0.05, 0) is 24.5 Å². The molecule has 0 aliphatic heterocycles. The highest BCUT2D eigenvalue weighted by Gasteiger charge is 2.19. The van der Waals surface area contributed by atoms with Gasteiger partial charge in [-0.3, -0.25) is 4.79 Å². The van der Waals surface area contributed by atoms with Gasteiger partial charge in [0.2, 0.25) is 5.91 Å². The number of nitrogens with two attached hydrogens (primary N) is 1. The van der Waals surface area contributed by atoms with Crippen molar-refractivity contribution in [3.8, 4) is 0 Å². The lowest BCUT2D eigenvalue weighted by molar-refractivity contribution is -0.124. The Morgan fingerprint density at radius 2 is 2.17 bits per heavy atom. The predicted molar refractivity (Wildman–Crippen MR) is 65.9 cm³/mol. The van der Waals surface area contributed by atoms with Crippen LogP contribution in [0.25, 0.3) is 0 Å². The zero-order valence-corrected chi connectivity index (χ0v) is 10.4. The number of halogens is 2. The lowest BCUT2D eigenvalue weighted by Gasteiger charge is -2.15. The Morgan fingerprint density at radius 3 is 2.78 bits per heavy atom. The average molecular weight is 256 g/mol. The summed E-state index contributed by atoms with van der Waals surface area (Å²) in [6.45, 7) is 2.59. The van der Waals surface area contributed by atoms with E-state index in [0.717, 1.165) is 12.5 Å². The molecule has 1 atom stereocenters. The summed E-state index contributed by atoms with van der Waals surface area (Å²) in [6, 6.07) is 3.94. The summed E-state index contributed by atoms with van der Waals surface area (Å²) in [5, 5.41) is 2.70. The fourth-order valence-electron chi connectivity index (χ4n) is 1.65. The lowest BCUT2D eigenvalue weighted by atomic mass is 9.98. The number of benzene rings is 1. The number of carbonyl (C=O) groups is 1. The Labute approximate surface area is 105 Å². The van der Waals surface area contributed by atoms with Crippen LogP contribution in [0.3, 0.4) is 0 Å². The molecule has 18 heavy (non-hydrogen) atoms. The maximum atomic E-state index is 13.5. The van der Waals surface area contributed by atoms with Crippen molar-refractivity contribution < 1.29 is 13.6 Å². The molecule has 0 heterocycles. The fourth-order valence-corrected chi connectivity index (χ4v) is 1.65. The molecule has 0 spiro atoms. The first kappa shape index (κ1) is 14.6. The molecule has 0 aliphatic rings. The summed E-state index contributed by atoms with van der Waals surface area (Å²) in [6.07, 6.45) is 0.924. The van der Waals surface area contributed by atoms with E-state index in [0.29, 0.717) is 6.54 Å². The van der Waals surface area contributed by atoms with Crippen LogP contribution in [0.15, 0.2) is 18.2 Å². The van der Waals surface area contributed by atoms with E-state index < -0.39 is 17.6 Å². The molecule has 1 rings (SSSR count). The van der Waals surface area contributed by atoms with Gasteiger partial charge in [0, 0.05) is 13.1 Å². The highest BCUT2D eigenvalue weighted by molar-refractivity contribution is 5.79. The van der Waals surface area contributed by atoms with Crippen LogP contribution >= 0.6 is 0 Å². The predicted octanol–water partition coefficient (Wildman–Crippen LogP) is 1.61. The van der Waals surface area contributed by atoms with Gasteiger partial charge in [0.25, 0.3) is 0 Å². The summed E-state index contributed by atoms with van der Waals surface area (Å²) in [4.78, 5) is 11.7. The second kappa shape index (κ2) is 7.06. The molecular weight excluding hydrogens is 238 g/mol. The molecule has 3 N–H and O–H groups in total. The lowest BCUT2D eigenvalue weighted by Crippen LogP contribution is -2.36. The summed E-state index contributed by atoms with van der Waals surface area (Å²) in [7, 11) is 0. The topological polar surface area (TPSA) is 55.1 Å². The van der Waals surface area contributed by atoms with E-state index in [1.807, 2.05) is 6.92 Å². The van der Waals surface area contributed by atoms with Gasteiger partial charge in [-0.1, -0.05) is 19.1 Å². The Balaban J connectivity index is 2.73. The van der Waals surface area contributed by atoms with Gasteiger partial charge >= 0.3 is 0 Å². The second-order valence-corrected chi connectivity index (χ2v) is 4.14. The second-order valence-electron chi connectivity index (χ2n) is 4.14. The van der Waals surface area contributed by atoms with Crippen LogP contribution in [-0.2, 0) is 11.2 Å². The van der Waals surface area contributed by atoms with Gasteiger partial charge in [-0.25, -0.2) is 8.78 Å². The molecular formula is C13H18F2N2O. The third-order valence-corrected chi connectivity index (χ3v) is 2.70. The standard InChI is InChI=1S/C13H18F2N2O/c1-2-6-17-13(18)10(8-16)7-9-4-3-5-11(14)12(9)15/h3-5,10H,2,6-8,16H2,1H3,(H,17,18). The van der Waals surface area contributed by atoms with Gasteiger partial charge in [0.05, 0.1) is 5.92 Å². The van der Waals surface area contributed by atoms with E-state index in [2.05, 4.69) is 5.32 Å². The summed E-state index contributed by atoms with van der Waals surface area (Å²) >= 11 is 0. The minimum Gasteiger partial charge on any atom is -0.356 e. The van der Waals surface area contributed by atoms with Crippen molar-refractivity contribution in [3.63, 3.8) is 0 Å². The fraction of sp³-hybridized carbons (Fsp3) is 0.462. The highest BCUT2D eigenvalue weighted by Crippen LogP contribution is 2.15. The number of rotatable bonds is 6. The molecule has 3 nitrogen and oxygen atoms in total. The van der Waals surface area contributed by atoms with Crippen LogP contribution < -0.4 is 11.1 Å². The number of amides is 1. The van der Waals surface area contributed by atoms with Crippen LogP contribution in [0.5, 0.6) is 0 Å². The molecule has 1 aromatic carbocycles. The summed E-state index contributed by atoms with van der Waals surface area (Å²) in [5.41, 5.74) is 5.68. The highest BCUT2D eigenvalue weighted by atomic mass is 19.2. The first-order valence-electron chi connectivity index (χ1n) is 6.00. The van der Waals surface area contributed by atoms with Crippen LogP contribution in [-0.4, -0.2) is 19.0 Å². The number of hydrogen-bond acceptors (Lipinski definition) is 2. The van der Waals surface area contributed by atoms with Crippen LogP contribution in [0, 0.1) is 17.6 Å². The first-order chi connectivity index (χ1) is 8.60. The Kier molecular flexibility index (Phi) is 5.71. The maximum absolute atomic E-state index is 13.5. The zero-order chi connectivity index (χ0) is 13.5. The normalized spacial score (nSPS) is 12.2. The molecule has 1 aromatic rings. The monoisotopic (exact) mass is 256 g/mol. The van der Waals surface area contributed by atoms with Crippen molar-refractivity contribution in [2.75, 3.05) is 13.1 Å². The van der Waals surface area contributed by atoms with E-state index in [1.165, 1.54) is 12.1 Å². The number of carbonyl (C=O) groups excluding carboxylic acids is 1. The molecule has 0 saturated heterocycles. The summed E-state index contributed by atoms with van der Waals surface area (Å²) in [5.74, 6) is -2.56. The number of hydrogen-bond donors (Lipinski definition) is 2. The van der Waals surface area contributed by atoms with Crippen molar-refractivity contribution in [1.82, 2.24) is 5.32 Å². The molecule has 1 unspecified atom stereocenters. The van der Waals surface area contributed by atoms with Gasteiger partial charge in [0.15, 0.2) is 11.6 Å². The maximum Gasteiger partial charge on any atom is 0.224 e. The van der Waals surface area contributed by atoms with E-state index in [4.69, 9.17) is 5.73 Å². The van der Waals surface area contributed by atoms with Crippen molar-refractivity contribution in [2.24, 2.45) is 11.7 Å². The van der Waals surface area contributed by atoms with Crippen molar-refractivity contribution in [3.05, 3.63) is 35.4 Å². The molecule has 5 heteroatoms. The van der Waals surface area contributed by atoms with Gasteiger partial charge in [-0.2, -0.15) is 0 Å². The van der Waals surface area contributed by atoms with Crippen LogP contribution in [0.4, 0.5) is 8.78 Å². The average Bonchev–Trinajstić information content (AvgIpc) is 2.37. The van der Waals surface area contributed by atoms with E-state index in [-0.39, 0.29) is 24.4 Å². The molecule has 0 bridgehead atoms. The first-order valence-corrected chi connectivity index (χ1v) is 6.00.